The Kier molecular flexibility index (Phi) is 8.12. The van der Waals surface area contributed by atoms with Gasteiger partial charge in [-0.25, -0.2) is 0 Å². The molecule has 1 unspecified atom stereocenters. The molecule has 0 fully saturated rings. The van der Waals surface area contributed by atoms with Crippen molar-refractivity contribution in [1.82, 2.24) is 10.2 Å². The van der Waals surface area contributed by atoms with E-state index in [1.165, 1.54) is 4.90 Å². The monoisotopic (exact) mass is 298 g/mol. The zero-order chi connectivity index (χ0) is 15.8. The lowest BCUT2D eigenvalue weighted by Gasteiger charge is -2.34. The third kappa shape index (κ3) is 7.09. The summed E-state index contributed by atoms with van der Waals surface area (Å²) in [5.41, 5.74) is -1.13. The number of alkyl halides is 3. The predicted octanol–water partition coefficient (Wildman–Crippen LogP) is 2.19. The van der Waals surface area contributed by atoms with Gasteiger partial charge in [0, 0.05) is 6.54 Å². The van der Waals surface area contributed by atoms with Gasteiger partial charge in [0.2, 0.25) is 0 Å². The second-order valence-electron chi connectivity index (χ2n) is 4.90. The third-order valence-electron chi connectivity index (χ3n) is 2.88. The highest BCUT2D eigenvalue weighted by atomic mass is 19.4. The van der Waals surface area contributed by atoms with Crippen molar-refractivity contribution in [3.63, 3.8) is 0 Å². The van der Waals surface area contributed by atoms with Crippen LogP contribution in [0.2, 0.25) is 0 Å². The van der Waals surface area contributed by atoms with Crippen molar-refractivity contribution in [2.75, 3.05) is 32.8 Å². The molecule has 0 rings (SSSR count). The second-order valence-corrected chi connectivity index (χ2v) is 4.90. The first-order chi connectivity index (χ1) is 9.18. The summed E-state index contributed by atoms with van der Waals surface area (Å²) in [6.45, 7) is 6.69. The topological polar surface area (TPSA) is 41.6 Å². The van der Waals surface area contributed by atoms with E-state index in [1.54, 1.807) is 20.8 Å². The summed E-state index contributed by atoms with van der Waals surface area (Å²) in [5.74, 6) is -0.519. The number of hydrogen-bond donors (Lipinski definition) is 1. The van der Waals surface area contributed by atoms with Crippen molar-refractivity contribution >= 4 is 5.97 Å². The number of esters is 1. The van der Waals surface area contributed by atoms with Crippen LogP contribution in [-0.4, -0.2) is 55.4 Å². The number of nitrogens with zero attached hydrogens (tertiary/aromatic N) is 1. The fourth-order valence-corrected chi connectivity index (χ4v) is 1.86. The van der Waals surface area contributed by atoms with Gasteiger partial charge in [0.15, 0.2) is 0 Å². The molecule has 0 aromatic carbocycles. The highest BCUT2D eigenvalue weighted by molar-refractivity contribution is 5.80. The molecule has 0 aliphatic carbocycles. The molecule has 1 N–H and O–H groups in total. The molecule has 0 radical (unpaired) electrons. The van der Waals surface area contributed by atoms with Crippen molar-refractivity contribution < 1.29 is 22.7 Å². The van der Waals surface area contributed by atoms with E-state index >= 15 is 0 Å². The van der Waals surface area contributed by atoms with Gasteiger partial charge in [-0.2, -0.15) is 13.2 Å². The molecule has 7 heteroatoms. The lowest BCUT2D eigenvalue weighted by Crippen LogP contribution is -2.58. The van der Waals surface area contributed by atoms with Crippen LogP contribution in [-0.2, 0) is 9.53 Å². The Labute approximate surface area is 118 Å². The lowest BCUT2D eigenvalue weighted by molar-refractivity contribution is -0.159. The average molecular weight is 298 g/mol. The van der Waals surface area contributed by atoms with Gasteiger partial charge in [0.25, 0.3) is 0 Å². The maximum Gasteiger partial charge on any atom is 0.401 e. The quantitative estimate of drug-likeness (QED) is 0.663. The van der Waals surface area contributed by atoms with Crippen molar-refractivity contribution in [3.05, 3.63) is 0 Å². The Hall–Kier alpha value is -0.820. The maximum absolute atomic E-state index is 12.5. The smallest absolute Gasteiger partial charge is 0.401 e. The van der Waals surface area contributed by atoms with Gasteiger partial charge in [-0.3, -0.25) is 9.69 Å². The SMILES string of the molecule is CCCNC(C)(CN(CC)CC(F)(F)F)C(=O)OCC. The van der Waals surface area contributed by atoms with Crippen LogP contribution in [0, 0.1) is 0 Å². The van der Waals surface area contributed by atoms with E-state index in [9.17, 15) is 18.0 Å². The molecule has 0 aromatic heterocycles. The fourth-order valence-electron chi connectivity index (χ4n) is 1.86. The molecule has 0 saturated carbocycles. The van der Waals surface area contributed by atoms with Crippen LogP contribution in [0.4, 0.5) is 13.2 Å². The molecule has 4 nitrogen and oxygen atoms in total. The number of carbonyl (C=O) groups excluding carboxylic acids is 1. The van der Waals surface area contributed by atoms with Gasteiger partial charge >= 0.3 is 12.1 Å². The normalized spacial score (nSPS) is 15.2. The summed E-state index contributed by atoms with van der Waals surface area (Å²) >= 11 is 0. The van der Waals surface area contributed by atoms with E-state index in [1.807, 2.05) is 6.92 Å². The molecule has 0 aliphatic rings. The average Bonchev–Trinajstić information content (AvgIpc) is 2.34. The fraction of sp³-hybridized carbons (Fsp3) is 0.923. The summed E-state index contributed by atoms with van der Waals surface area (Å²) in [7, 11) is 0. The van der Waals surface area contributed by atoms with Crippen LogP contribution >= 0.6 is 0 Å². The summed E-state index contributed by atoms with van der Waals surface area (Å²) in [6.07, 6.45) is -3.50. The minimum atomic E-state index is -4.28. The second kappa shape index (κ2) is 8.46. The zero-order valence-corrected chi connectivity index (χ0v) is 12.6. The van der Waals surface area contributed by atoms with Crippen molar-refractivity contribution in [2.24, 2.45) is 0 Å². The number of nitrogens with one attached hydrogen (secondary N) is 1. The molecule has 0 bridgehead atoms. The molecular formula is C13H25F3N2O2. The minimum absolute atomic E-state index is 0.0398. The summed E-state index contributed by atoms with van der Waals surface area (Å²) in [6, 6.07) is 0. The van der Waals surface area contributed by atoms with E-state index in [0.29, 0.717) is 6.54 Å². The molecule has 20 heavy (non-hydrogen) atoms. The minimum Gasteiger partial charge on any atom is -0.465 e. The Balaban J connectivity index is 4.88. The Morgan fingerprint density at radius 2 is 1.80 bits per heavy atom. The largest absolute Gasteiger partial charge is 0.465 e. The number of halogens is 3. The predicted molar refractivity (Wildman–Crippen MR) is 71.5 cm³/mol. The van der Waals surface area contributed by atoms with Gasteiger partial charge in [0.05, 0.1) is 13.2 Å². The Morgan fingerprint density at radius 3 is 2.20 bits per heavy atom. The first-order valence-corrected chi connectivity index (χ1v) is 6.89. The van der Waals surface area contributed by atoms with E-state index in [-0.39, 0.29) is 19.7 Å². The van der Waals surface area contributed by atoms with Crippen LogP contribution in [0.1, 0.15) is 34.1 Å². The number of carbonyl (C=O) groups is 1. The number of hydrogen-bond acceptors (Lipinski definition) is 4. The van der Waals surface area contributed by atoms with E-state index in [4.69, 9.17) is 4.74 Å². The van der Waals surface area contributed by atoms with Gasteiger partial charge in [-0.15, -0.1) is 0 Å². The molecule has 0 aliphatic heterocycles. The Morgan fingerprint density at radius 1 is 1.20 bits per heavy atom. The molecule has 0 heterocycles. The van der Waals surface area contributed by atoms with Crippen molar-refractivity contribution in [3.8, 4) is 0 Å². The van der Waals surface area contributed by atoms with Crippen LogP contribution in [0.25, 0.3) is 0 Å². The first kappa shape index (κ1) is 19.2. The highest BCUT2D eigenvalue weighted by Gasteiger charge is 2.39. The summed E-state index contributed by atoms with van der Waals surface area (Å²) < 4.78 is 42.4. The standard InChI is InChI=1S/C13H25F3N2O2/c1-5-8-17-12(4,11(19)20-7-3)9-18(6-2)10-13(14,15)16/h17H,5-10H2,1-4H3. The molecule has 120 valence electrons. The van der Waals surface area contributed by atoms with Gasteiger partial charge < -0.3 is 10.1 Å². The number of rotatable bonds is 9. The third-order valence-corrected chi connectivity index (χ3v) is 2.88. The van der Waals surface area contributed by atoms with Crippen LogP contribution in [0.15, 0.2) is 0 Å². The van der Waals surface area contributed by atoms with E-state index in [2.05, 4.69) is 5.32 Å². The molecule has 0 spiro atoms. The molecular weight excluding hydrogens is 273 g/mol. The van der Waals surface area contributed by atoms with E-state index < -0.39 is 24.2 Å². The number of likely N-dealkylation sites (N-methyl/N-ethyl adjacent to an activating group) is 1. The van der Waals surface area contributed by atoms with Gasteiger partial charge in [-0.05, 0) is 33.4 Å². The van der Waals surface area contributed by atoms with Gasteiger partial charge in [-0.1, -0.05) is 13.8 Å². The Bertz CT molecular complexity index is 298. The molecule has 1 atom stereocenters. The summed E-state index contributed by atoms with van der Waals surface area (Å²) in [5, 5.41) is 3.00. The van der Waals surface area contributed by atoms with Crippen LogP contribution in [0.5, 0.6) is 0 Å². The van der Waals surface area contributed by atoms with Crippen LogP contribution < -0.4 is 5.32 Å². The molecule has 0 aromatic rings. The first-order valence-electron chi connectivity index (χ1n) is 6.89. The highest BCUT2D eigenvalue weighted by Crippen LogP contribution is 2.18. The molecule has 0 amide bonds. The van der Waals surface area contributed by atoms with Gasteiger partial charge in [0.1, 0.15) is 5.54 Å². The molecule has 0 saturated heterocycles. The zero-order valence-electron chi connectivity index (χ0n) is 12.6. The van der Waals surface area contributed by atoms with Crippen molar-refractivity contribution in [2.45, 2.75) is 45.8 Å². The lowest BCUT2D eigenvalue weighted by atomic mass is 10.0. The summed E-state index contributed by atoms with van der Waals surface area (Å²) in [4.78, 5) is 13.2. The maximum atomic E-state index is 12.5. The van der Waals surface area contributed by atoms with Crippen molar-refractivity contribution in [1.29, 1.82) is 0 Å². The number of ether oxygens (including phenoxy) is 1. The van der Waals surface area contributed by atoms with Crippen LogP contribution in [0.3, 0.4) is 0 Å². The van der Waals surface area contributed by atoms with E-state index in [0.717, 1.165) is 6.42 Å².